The Hall–Kier alpha value is -1.23. The van der Waals surface area contributed by atoms with Crippen LogP contribution in [0, 0.1) is 0 Å². The fraction of sp³-hybridized carbons (Fsp3) is 0.133. The zero-order valence-electron chi connectivity index (χ0n) is 11.1. The average molecular weight is 386 g/mol. The maximum atomic E-state index is 6.11. The molecule has 0 N–H and O–H groups in total. The van der Waals surface area contributed by atoms with Gasteiger partial charge in [-0.05, 0) is 52.3 Å². The largest absolute Gasteiger partial charge is 0.496 e. The van der Waals surface area contributed by atoms with Crippen LogP contribution in [0.3, 0.4) is 0 Å². The molecule has 0 amide bonds. The summed E-state index contributed by atoms with van der Waals surface area (Å²) in [6.07, 6.45) is 0. The van der Waals surface area contributed by atoms with Crippen LogP contribution < -0.4 is 4.74 Å². The van der Waals surface area contributed by atoms with Gasteiger partial charge in [-0.2, -0.15) is 0 Å². The van der Waals surface area contributed by atoms with Crippen molar-refractivity contribution in [1.82, 2.24) is 9.55 Å². The molecule has 21 heavy (non-hydrogen) atoms. The summed E-state index contributed by atoms with van der Waals surface area (Å²) in [5.74, 6) is 1.86. The van der Waals surface area contributed by atoms with E-state index in [1.54, 1.807) is 7.11 Å². The first-order valence-corrected chi connectivity index (χ1v) is 7.91. The SMILES string of the molecule is COc1ccc(-n2c(CCl)nc3ccc(Cl)cc32)cc1Br. The number of ether oxygens (including phenoxy) is 1. The van der Waals surface area contributed by atoms with E-state index in [4.69, 9.17) is 27.9 Å². The Balaban J connectivity index is 2.27. The highest BCUT2D eigenvalue weighted by atomic mass is 79.9. The van der Waals surface area contributed by atoms with Gasteiger partial charge in [0.2, 0.25) is 0 Å². The van der Waals surface area contributed by atoms with Crippen LogP contribution in [-0.2, 0) is 5.88 Å². The monoisotopic (exact) mass is 384 g/mol. The van der Waals surface area contributed by atoms with Crippen LogP contribution in [0.25, 0.3) is 16.7 Å². The van der Waals surface area contributed by atoms with E-state index < -0.39 is 0 Å². The molecular formula is C15H11BrCl2N2O. The van der Waals surface area contributed by atoms with Crippen molar-refractivity contribution in [3.63, 3.8) is 0 Å². The van der Waals surface area contributed by atoms with Gasteiger partial charge in [0.15, 0.2) is 0 Å². The molecule has 0 saturated carbocycles. The number of imidazole rings is 1. The number of alkyl halides is 1. The van der Waals surface area contributed by atoms with Crippen LogP contribution in [0.15, 0.2) is 40.9 Å². The van der Waals surface area contributed by atoms with Crippen LogP contribution in [0.2, 0.25) is 5.02 Å². The molecule has 2 aromatic carbocycles. The van der Waals surface area contributed by atoms with Gasteiger partial charge in [-0.15, -0.1) is 11.6 Å². The lowest BCUT2D eigenvalue weighted by Gasteiger charge is -2.10. The lowest BCUT2D eigenvalue weighted by molar-refractivity contribution is 0.412. The Morgan fingerprint density at radius 1 is 1.24 bits per heavy atom. The Bertz CT molecular complexity index is 817. The van der Waals surface area contributed by atoms with Crippen LogP contribution in [0.4, 0.5) is 0 Å². The van der Waals surface area contributed by atoms with Gasteiger partial charge in [0.05, 0.1) is 28.5 Å². The third-order valence-electron chi connectivity index (χ3n) is 3.20. The van der Waals surface area contributed by atoms with Gasteiger partial charge < -0.3 is 4.74 Å². The molecule has 0 atom stereocenters. The lowest BCUT2D eigenvalue weighted by atomic mass is 10.2. The molecule has 6 heteroatoms. The molecule has 3 aromatic rings. The summed E-state index contributed by atoms with van der Waals surface area (Å²) >= 11 is 15.6. The summed E-state index contributed by atoms with van der Waals surface area (Å²) in [5.41, 5.74) is 2.74. The van der Waals surface area contributed by atoms with Gasteiger partial charge in [0.1, 0.15) is 11.6 Å². The smallest absolute Gasteiger partial charge is 0.133 e. The van der Waals surface area contributed by atoms with Crippen molar-refractivity contribution in [3.8, 4) is 11.4 Å². The number of methoxy groups -OCH3 is 1. The van der Waals surface area contributed by atoms with E-state index in [1.807, 2.05) is 41.0 Å². The van der Waals surface area contributed by atoms with E-state index in [0.29, 0.717) is 10.9 Å². The number of hydrogen-bond donors (Lipinski definition) is 0. The van der Waals surface area contributed by atoms with Crippen LogP contribution in [-0.4, -0.2) is 16.7 Å². The molecular weight excluding hydrogens is 375 g/mol. The first-order chi connectivity index (χ1) is 10.1. The predicted molar refractivity (Wildman–Crippen MR) is 89.9 cm³/mol. The second kappa shape index (κ2) is 5.87. The maximum Gasteiger partial charge on any atom is 0.133 e. The zero-order chi connectivity index (χ0) is 15.0. The highest BCUT2D eigenvalue weighted by Gasteiger charge is 2.13. The number of aromatic nitrogens is 2. The molecule has 0 aliphatic carbocycles. The van der Waals surface area contributed by atoms with Crippen molar-refractivity contribution in [2.24, 2.45) is 0 Å². The van der Waals surface area contributed by atoms with E-state index in [9.17, 15) is 0 Å². The Morgan fingerprint density at radius 2 is 2.05 bits per heavy atom. The molecule has 3 rings (SSSR count). The van der Waals surface area contributed by atoms with Gasteiger partial charge in [-0.3, -0.25) is 4.57 Å². The summed E-state index contributed by atoms with van der Waals surface area (Å²) in [6.45, 7) is 0. The number of fused-ring (bicyclic) bond motifs is 1. The third kappa shape index (κ3) is 2.63. The summed E-state index contributed by atoms with van der Waals surface area (Å²) in [7, 11) is 1.64. The summed E-state index contributed by atoms with van der Waals surface area (Å²) in [4.78, 5) is 4.55. The summed E-state index contributed by atoms with van der Waals surface area (Å²) < 4.78 is 8.13. The molecule has 1 aromatic heterocycles. The number of benzene rings is 2. The molecule has 0 fully saturated rings. The topological polar surface area (TPSA) is 27.1 Å². The van der Waals surface area contributed by atoms with Crippen molar-refractivity contribution in [2.75, 3.05) is 7.11 Å². The summed E-state index contributed by atoms with van der Waals surface area (Å²) in [5, 5.41) is 0.664. The van der Waals surface area contributed by atoms with Gasteiger partial charge >= 0.3 is 0 Å². The Kier molecular flexibility index (Phi) is 4.11. The first-order valence-electron chi connectivity index (χ1n) is 6.21. The van der Waals surface area contributed by atoms with Crippen molar-refractivity contribution in [2.45, 2.75) is 5.88 Å². The fourth-order valence-corrected chi connectivity index (χ4v) is 3.14. The number of rotatable bonds is 3. The van der Waals surface area contributed by atoms with Gasteiger partial charge in [0, 0.05) is 10.7 Å². The highest BCUT2D eigenvalue weighted by molar-refractivity contribution is 9.10. The van der Waals surface area contributed by atoms with Crippen molar-refractivity contribution in [3.05, 3.63) is 51.7 Å². The normalized spacial score (nSPS) is 11.0. The molecule has 0 saturated heterocycles. The number of nitrogens with zero attached hydrogens (tertiary/aromatic N) is 2. The van der Waals surface area contributed by atoms with Gasteiger partial charge in [-0.25, -0.2) is 4.98 Å². The van der Waals surface area contributed by atoms with Gasteiger partial charge in [-0.1, -0.05) is 11.6 Å². The van der Waals surface area contributed by atoms with Crippen LogP contribution in [0.5, 0.6) is 5.75 Å². The second-order valence-corrected chi connectivity index (χ2v) is 6.01. The van der Waals surface area contributed by atoms with Crippen LogP contribution in [0.1, 0.15) is 5.82 Å². The lowest BCUT2D eigenvalue weighted by Crippen LogP contribution is -1.99. The van der Waals surface area contributed by atoms with E-state index in [1.165, 1.54) is 0 Å². The third-order valence-corrected chi connectivity index (χ3v) is 4.29. The Morgan fingerprint density at radius 3 is 2.71 bits per heavy atom. The van der Waals surface area contributed by atoms with E-state index in [2.05, 4.69) is 20.9 Å². The van der Waals surface area contributed by atoms with Crippen molar-refractivity contribution >= 4 is 50.2 Å². The zero-order valence-corrected chi connectivity index (χ0v) is 14.2. The average Bonchev–Trinajstić information content (AvgIpc) is 2.84. The minimum absolute atomic E-state index is 0.315. The molecule has 0 unspecified atom stereocenters. The number of hydrogen-bond acceptors (Lipinski definition) is 2. The Labute approximate surface area is 140 Å². The minimum Gasteiger partial charge on any atom is -0.496 e. The first kappa shape index (κ1) is 14.7. The molecule has 0 radical (unpaired) electrons. The van der Waals surface area contributed by atoms with E-state index >= 15 is 0 Å². The van der Waals surface area contributed by atoms with Crippen molar-refractivity contribution < 1.29 is 4.74 Å². The molecule has 0 aliphatic heterocycles. The fourth-order valence-electron chi connectivity index (χ4n) is 2.27. The quantitative estimate of drug-likeness (QED) is 0.580. The minimum atomic E-state index is 0.315. The molecule has 3 nitrogen and oxygen atoms in total. The second-order valence-electron chi connectivity index (χ2n) is 4.45. The van der Waals surface area contributed by atoms with E-state index in [-0.39, 0.29) is 0 Å². The summed E-state index contributed by atoms with van der Waals surface area (Å²) in [6, 6.07) is 11.4. The maximum absolute atomic E-state index is 6.11. The molecule has 108 valence electrons. The highest BCUT2D eigenvalue weighted by Crippen LogP contribution is 2.30. The predicted octanol–water partition coefficient (Wildman–Crippen LogP) is 5.19. The molecule has 0 spiro atoms. The van der Waals surface area contributed by atoms with Gasteiger partial charge in [0.25, 0.3) is 0 Å². The molecule has 0 bridgehead atoms. The van der Waals surface area contributed by atoms with Crippen LogP contribution >= 0.6 is 39.1 Å². The molecule has 0 aliphatic rings. The molecule has 1 heterocycles. The van der Waals surface area contributed by atoms with E-state index in [0.717, 1.165) is 32.8 Å². The standard InChI is InChI=1S/C15H11BrCl2N2O/c1-21-14-5-3-10(7-11(14)16)20-13-6-9(18)2-4-12(13)19-15(20)8-17/h2-7H,8H2,1H3. The number of halogens is 3. The van der Waals surface area contributed by atoms with Crippen molar-refractivity contribution in [1.29, 1.82) is 0 Å².